The Morgan fingerprint density at radius 2 is 1.78 bits per heavy atom. The number of benzene rings is 1. The van der Waals surface area contributed by atoms with Crippen molar-refractivity contribution in [2.75, 3.05) is 13.2 Å². The van der Waals surface area contributed by atoms with Crippen LogP contribution < -0.4 is 0 Å². The topological polar surface area (TPSA) is 83.6 Å². The van der Waals surface area contributed by atoms with E-state index in [1.807, 2.05) is 6.92 Å². The van der Waals surface area contributed by atoms with Crippen molar-refractivity contribution in [1.29, 1.82) is 0 Å². The van der Waals surface area contributed by atoms with E-state index in [1.54, 1.807) is 30.5 Å². The molecular weight excluding hydrogens is 429 g/mol. The number of ketones is 1. The fraction of sp³-hybridized carbons (Fsp3) is 0.318. The lowest BCUT2D eigenvalue weighted by Gasteiger charge is -2.08. The van der Waals surface area contributed by atoms with E-state index in [1.165, 1.54) is 24.3 Å². The van der Waals surface area contributed by atoms with Crippen LogP contribution in [0, 0.1) is 20.8 Å². The fourth-order valence-corrected chi connectivity index (χ4v) is 3.17. The minimum Gasteiger partial charge on any atom is -0.454 e. The highest BCUT2D eigenvalue weighted by molar-refractivity contribution is 6.00. The van der Waals surface area contributed by atoms with E-state index in [0.29, 0.717) is 28.4 Å². The summed E-state index contributed by atoms with van der Waals surface area (Å²) in [6.07, 6.45) is -4.40. The van der Waals surface area contributed by atoms with Crippen LogP contribution in [0.2, 0.25) is 0 Å². The molecule has 0 saturated heterocycles. The number of hydrogen-bond acceptors (Lipinski definition) is 6. The Labute approximate surface area is 181 Å². The molecular formula is C22H21F3N2O5. The number of hydrogen-bond donors (Lipinski definition) is 0. The van der Waals surface area contributed by atoms with Gasteiger partial charge in [0, 0.05) is 23.0 Å². The molecule has 0 atom stereocenters. The van der Waals surface area contributed by atoms with Gasteiger partial charge in [-0.05, 0) is 44.5 Å². The summed E-state index contributed by atoms with van der Waals surface area (Å²) < 4.78 is 52.9. The van der Waals surface area contributed by atoms with Crippen LogP contribution in [0.5, 0.6) is 0 Å². The van der Waals surface area contributed by atoms with Crippen molar-refractivity contribution in [1.82, 2.24) is 9.72 Å². The van der Waals surface area contributed by atoms with Gasteiger partial charge in [0.15, 0.2) is 12.4 Å². The first-order valence-corrected chi connectivity index (χ1v) is 9.61. The molecule has 0 N–H and O–H groups in total. The summed E-state index contributed by atoms with van der Waals surface area (Å²) in [6.45, 7) is 3.28. The summed E-state index contributed by atoms with van der Waals surface area (Å²) in [7, 11) is 0. The summed E-state index contributed by atoms with van der Waals surface area (Å²) in [5.41, 5.74) is 2.44. The van der Waals surface area contributed by atoms with E-state index < -0.39 is 25.4 Å². The molecule has 2 aromatic heterocycles. The highest BCUT2D eigenvalue weighted by Gasteiger charge is 2.27. The Bertz CT molecular complexity index is 1110. The average molecular weight is 450 g/mol. The molecule has 0 aliphatic heterocycles. The predicted molar refractivity (Wildman–Crippen MR) is 107 cm³/mol. The zero-order valence-corrected chi connectivity index (χ0v) is 17.7. The van der Waals surface area contributed by atoms with E-state index in [9.17, 15) is 22.8 Å². The average Bonchev–Trinajstić information content (AvgIpc) is 3.27. The molecule has 0 aliphatic rings. The van der Waals surface area contributed by atoms with Crippen molar-refractivity contribution < 1.29 is 36.8 Å². The molecule has 2 heterocycles. The van der Waals surface area contributed by atoms with Crippen LogP contribution in [0.3, 0.4) is 0 Å². The zero-order valence-electron chi connectivity index (χ0n) is 17.7. The maximum absolute atomic E-state index is 12.6. The molecule has 32 heavy (non-hydrogen) atoms. The summed E-state index contributed by atoms with van der Waals surface area (Å²) in [4.78, 5) is 24.9. The number of Topliss-reactive ketones (excluding diaryl/α,β-unsaturated/α-hetero) is 1. The minimum absolute atomic E-state index is 0.168. The first kappa shape index (κ1) is 23.3. The number of aryl methyl sites for hydroxylation is 2. The molecule has 1 aromatic carbocycles. The lowest BCUT2D eigenvalue weighted by molar-refractivity contribution is -0.176. The molecule has 0 fully saturated rings. The van der Waals surface area contributed by atoms with Crippen LogP contribution in [0.25, 0.3) is 5.82 Å². The zero-order chi connectivity index (χ0) is 23.5. The maximum Gasteiger partial charge on any atom is 0.411 e. The van der Waals surface area contributed by atoms with Crippen molar-refractivity contribution in [2.45, 2.75) is 33.6 Å². The number of carbonyl (C=O) groups is 2. The van der Waals surface area contributed by atoms with Gasteiger partial charge in [-0.3, -0.25) is 9.36 Å². The van der Waals surface area contributed by atoms with Gasteiger partial charge in [-0.2, -0.15) is 13.2 Å². The number of carbonyl (C=O) groups excluding carboxylic acids is 2. The SMILES string of the molecule is Cc1cc(-n2c(C)cc(C(=O)COC(=O)c3ccc(COCC(F)(F)F)cc3)c2C)no1. The normalized spacial score (nSPS) is 11.6. The van der Waals surface area contributed by atoms with Crippen molar-refractivity contribution in [3.63, 3.8) is 0 Å². The Morgan fingerprint density at radius 1 is 1.09 bits per heavy atom. The summed E-state index contributed by atoms with van der Waals surface area (Å²) in [5, 5.41) is 3.96. The van der Waals surface area contributed by atoms with E-state index in [0.717, 1.165) is 5.69 Å². The van der Waals surface area contributed by atoms with Gasteiger partial charge in [0.05, 0.1) is 12.2 Å². The van der Waals surface area contributed by atoms with Gasteiger partial charge in [-0.15, -0.1) is 0 Å². The lowest BCUT2D eigenvalue weighted by atomic mass is 10.1. The number of ether oxygens (including phenoxy) is 2. The molecule has 0 aliphatic carbocycles. The number of halogens is 3. The second kappa shape index (κ2) is 9.39. The maximum atomic E-state index is 12.6. The molecule has 0 unspecified atom stereocenters. The van der Waals surface area contributed by atoms with Crippen LogP contribution in [0.4, 0.5) is 13.2 Å². The minimum atomic E-state index is -4.40. The molecule has 0 radical (unpaired) electrons. The van der Waals surface area contributed by atoms with Gasteiger partial charge in [0.1, 0.15) is 12.4 Å². The molecule has 3 aromatic rings. The largest absolute Gasteiger partial charge is 0.454 e. The Morgan fingerprint density at radius 3 is 2.38 bits per heavy atom. The molecule has 170 valence electrons. The third-order valence-corrected chi connectivity index (χ3v) is 4.63. The second-order valence-electron chi connectivity index (χ2n) is 7.22. The van der Waals surface area contributed by atoms with Crippen LogP contribution in [0.1, 0.15) is 43.4 Å². The predicted octanol–water partition coefficient (Wildman–Crippen LogP) is 4.51. The van der Waals surface area contributed by atoms with Gasteiger partial charge in [-0.25, -0.2) is 4.79 Å². The quantitative estimate of drug-likeness (QED) is 0.371. The lowest BCUT2D eigenvalue weighted by Crippen LogP contribution is -2.17. The van der Waals surface area contributed by atoms with E-state index in [-0.39, 0.29) is 18.0 Å². The smallest absolute Gasteiger partial charge is 0.411 e. The van der Waals surface area contributed by atoms with Crippen molar-refractivity contribution in [3.05, 3.63) is 70.2 Å². The van der Waals surface area contributed by atoms with Crippen LogP contribution in [-0.2, 0) is 16.1 Å². The number of aromatic nitrogens is 2. The summed E-state index contributed by atoms with van der Waals surface area (Å²) >= 11 is 0. The van der Waals surface area contributed by atoms with Crippen molar-refractivity contribution in [2.24, 2.45) is 0 Å². The van der Waals surface area contributed by atoms with E-state index in [2.05, 4.69) is 9.89 Å². The number of alkyl halides is 3. The number of esters is 1. The first-order chi connectivity index (χ1) is 15.0. The van der Waals surface area contributed by atoms with Crippen LogP contribution >= 0.6 is 0 Å². The molecule has 3 rings (SSSR count). The Kier molecular flexibility index (Phi) is 6.83. The molecule has 0 amide bonds. The Hall–Kier alpha value is -3.40. The van der Waals surface area contributed by atoms with Crippen LogP contribution in [-0.4, -0.2) is 40.9 Å². The number of rotatable bonds is 8. The third-order valence-electron chi connectivity index (χ3n) is 4.63. The monoisotopic (exact) mass is 450 g/mol. The fourth-order valence-electron chi connectivity index (χ4n) is 3.17. The standard InChI is InChI=1S/C22H21F3N2O5/c1-13-8-18(15(3)27(13)20-9-14(2)32-26-20)19(28)11-31-21(29)17-6-4-16(5-7-17)10-30-12-22(23,24)25/h4-9H,10-12H2,1-3H3. The molecule has 0 spiro atoms. The molecule has 7 nitrogen and oxygen atoms in total. The van der Waals surface area contributed by atoms with Crippen molar-refractivity contribution >= 4 is 11.8 Å². The summed E-state index contributed by atoms with van der Waals surface area (Å²) in [5.74, 6) is 0.0808. The Balaban J connectivity index is 1.59. The molecule has 0 bridgehead atoms. The van der Waals surface area contributed by atoms with E-state index in [4.69, 9.17) is 9.26 Å². The highest BCUT2D eigenvalue weighted by atomic mass is 19.4. The molecule has 10 heteroatoms. The van der Waals surface area contributed by atoms with Gasteiger partial charge in [0.2, 0.25) is 5.78 Å². The van der Waals surface area contributed by atoms with Crippen LogP contribution in [0.15, 0.2) is 40.9 Å². The van der Waals surface area contributed by atoms with Gasteiger partial charge in [0.25, 0.3) is 0 Å². The van der Waals surface area contributed by atoms with E-state index >= 15 is 0 Å². The molecule has 0 saturated carbocycles. The van der Waals surface area contributed by atoms with Gasteiger partial charge in [-0.1, -0.05) is 17.3 Å². The summed E-state index contributed by atoms with van der Waals surface area (Å²) in [6, 6.07) is 9.15. The van der Waals surface area contributed by atoms with Gasteiger partial charge < -0.3 is 14.0 Å². The van der Waals surface area contributed by atoms with Gasteiger partial charge >= 0.3 is 12.1 Å². The second-order valence-corrected chi connectivity index (χ2v) is 7.22. The number of nitrogens with zero attached hydrogens (tertiary/aromatic N) is 2. The third kappa shape index (κ3) is 5.64. The first-order valence-electron chi connectivity index (χ1n) is 9.61. The van der Waals surface area contributed by atoms with Crippen molar-refractivity contribution in [3.8, 4) is 5.82 Å². The highest BCUT2D eigenvalue weighted by Crippen LogP contribution is 2.21.